The fourth-order valence-corrected chi connectivity index (χ4v) is 3.23. The summed E-state index contributed by atoms with van der Waals surface area (Å²) in [7, 11) is 0. The van der Waals surface area contributed by atoms with E-state index in [1.807, 2.05) is 44.4 Å². The summed E-state index contributed by atoms with van der Waals surface area (Å²) in [5.74, 6) is 0.882. The lowest BCUT2D eigenvalue weighted by molar-refractivity contribution is -0.121. The van der Waals surface area contributed by atoms with Gasteiger partial charge in [-0.05, 0) is 56.2 Å². The van der Waals surface area contributed by atoms with Crippen molar-refractivity contribution in [3.8, 4) is 5.75 Å². The topological polar surface area (TPSA) is 64.1 Å². The number of ether oxygens (including phenoxy) is 1. The predicted molar refractivity (Wildman–Crippen MR) is 110 cm³/mol. The number of amides is 1. The third-order valence-corrected chi connectivity index (χ3v) is 4.89. The zero-order valence-corrected chi connectivity index (χ0v) is 17.5. The van der Waals surface area contributed by atoms with Gasteiger partial charge in [-0.1, -0.05) is 37.2 Å². The van der Waals surface area contributed by atoms with E-state index in [0.29, 0.717) is 19.4 Å². The Morgan fingerprint density at radius 1 is 1.22 bits per heavy atom. The standard InChI is InChI=1S/C21H29N3O2S/c1-5-6-12-26-18-9-7-8-17(13-18)14-22-20(25)11-10-19-15(2)23-21(27-4)24-16(19)3/h7-9,13H,5-6,10-12,14H2,1-4H3,(H,22,25). The summed E-state index contributed by atoms with van der Waals surface area (Å²) in [5.41, 5.74) is 4.01. The first-order valence-corrected chi connectivity index (χ1v) is 10.6. The van der Waals surface area contributed by atoms with E-state index in [4.69, 9.17) is 4.74 Å². The van der Waals surface area contributed by atoms with Gasteiger partial charge in [-0.3, -0.25) is 4.79 Å². The Kier molecular flexibility index (Phi) is 8.58. The first kappa shape index (κ1) is 21.2. The number of aryl methyl sites for hydroxylation is 2. The molecule has 1 aromatic heterocycles. The number of unbranched alkanes of at least 4 members (excludes halogenated alkanes) is 1. The molecule has 0 saturated heterocycles. The summed E-state index contributed by atoms with van der Waals surface area (Å²) in [5, 5.41) is 3.76. The van der Waals surface area contributed by atoms with Crippen molar-refractivity contribution in [3.05, 3.63) is 46.8 Å². The molecule has 27 heavy (non-hydrogen) atoms. The first-order valence-electron chi connectivity index (χ1n) is 9.40. The maximum Gasteiger partial charge on any atom is 0.220 e. The van der Waals surface area contributed by atoms with E-state index in [9.17, 15) is 4.79 Å². The molecule has 0 radical (unpaired) electrons. The highest BCUT2D eigenvalue weighted by Crippen LogP contribution is 2.17. The van der Waals surface area contributed by atoms with Gasteiger partial charge in [-0.15, -0.1) is 0 Å². The molecule has 1 N–H and O–H groups in total. The fraction of sp³-hybridized carbons (Fsp3) is 0.476. The molecule has 6 heteroatoms. The quantitative estimate of drug-likeness (QED) is 0.375. The van der Waals surface area contributed by atoms with Gasteiger partial charge in [0.25, 0.3) is 0 Å². The largest absolute Gasteiger partial charge is 0.494 e. The van der Waals surface area contributed by atoms with Crippen molar-refractivity contribution in [2.75, 3.05) is 12.9 Å². The van der Waals surface area contributed by atoms with Gasteiger partial charge in [0, 0.05) is 24.4 Å². The van der Waals surface area contributed by atoms with Crippen LogP contribution in [0.3, 0.4) is 0 Å². The van der Waals surface area contributed by atoms with E-state index in [0.717, 1.165) is 52.9 Å². The number of aromatic nitrogens is 2. The summed E-state index contributed by atoms with van der Waals surface area (Å²) in [6, 6.07) is 7.89. The number of carbonyl (C=O) groups excluding carboxylic acids is 1. The van der Waals surface area contributed by atoms with Crippen LogP contribution in [0, 0.1) is 13.8 Å². The molecule has 1 aromatic carbocycles. The molecule has 0 unspecified atom stereocenters. The molecule has 0 bridgehead atoms. The zero-order valence-electron chi connectivity index (χ0n) is 16.7. The summed E-state index contributed by atoms with van der Waals surface area (Å²) in [6.07, 6.45) is 5.20. The van der Waals surface area contributed by atoms with Gasteiger partial charge in [0.1, 0.15) is 5.75 Å². The molecular formula is C21H29N3O2S. The van der Waals surface area contributed by atoms with Crippen molar-refractivity contribution in [3.63, 3.8) is 0 Å². The van der Waals surface area contributed by atoms with E-state index < -0.39 is 0 Å². The first-order chi connectivity index (χ1) is 13.0. The number of carbonyl (C=O) groups is 1. The van der Waals surface area contributed by atoms with Gasteiger partial charge in [-0.25, -0.2) is 9.97 Å². The van der Waals surface area contributed by atoms with Crippen LogP contribution in [0.4, 0.5) is 0 Å². The van der Waals surface area contributed by atoms with Gasteiger partial charge in [0.05, 0.1) is 6.61 Å². The maximum atomic E-state index is 12.2. The lowest BCUT2D eigenvalue weighted by Gasteiger charge is -2.11. The molecule has 146 valence electrons. The normalized spacial score (nSPS) is 10.7. The van der Waals surface area contributed by atoms with E-state index >= 15 is 0 Å². The number of benzene rings is 1. The van der Waals surface area contributed by atoms with E-state index in [2.05, 4.69) is 22.2 Å². The van der Waals surface area contributed by atoms with Crippen molar-refractivity contribution in [1.29, 1.82) is 0 Å². The van der Waals surface area contributed by atoms with Crippen molar-refractivity contribution >= 4 is 17.7 Å². The second kappa shape index (κ2) is 10.9. The molecule has 2 aromatic rings. The Morgan fingerprint density at radius 2 is 1.96 bits per heavy atom. The number of thioether (sulfide) groups is 1. The van der Waals surface area contributed by atoms with Gasteiger partial charge in [-0.2, -0.15) is 0 Å². The molecule has 0 spiro atoms. The van der Waals surface area contributed by atoms with Crippen LogP contribution in [0.15, 0.2) is 29.4 Å². The van der Waals surface area contributed by atoms with Gasteiger partial charge in [0.15, 0.2) is 5.16 Å². The van der Waals surface area contributed by atoms with E-state index in [1.54, 1.807) is 0 Å². The SMILES string of the molecule is CCCCOc1cccc(CNC(=O)CCc2c(C)nc(SC)nc2C)c1. The van der Waals surface area contributed by atoms with Crippen LogP contribution in [0.25, 0.3) is 0 Å². The molecule has 5 nitrogen and oxygen atoms in total. The Labute approximate surface area is 166 Å². The second-order valence-electron chi connectivity index (χ2n) is 6.49. The van der Waals surface area contributed by atoms with Crippen LogP contribution in [0.5, 0.6) is 5.75 Å². The molecule has 1 heterocycles. The molecule has 2 rings (SSSR count). The molecular weight excluding hydrogens is 358 g/mol. The molecule has 0 saturated carbocycles. The zero-order chi connectivity index (χ0) is 19.6. The van der Waals surface area contributed by atoms with E-state index in [-0.39, 0.29) is 5.91 Å². The van der Waals surface area contributed by atoms with Crippen LogP contribution in [0.1, 0.15) is 48.7 Å². The van der Waals surface area contributed by atoms with Gasteiger partial charge < -0.3 is 10.1 Å². The minimum atomic E-state index is 0.0278. The third kappa shape index (κ3) is 6.86. The van der Waals surface area contributed by atoms with Crippen molar-refractivity contribution in [1.82, 2.24) is 15.3 Å². The lowest BCUT2D eigenvalue weighted by Crippen LogP contribution is -2.23. The number of nitrogens with zero attached hydrogens (tertiary/aromatic N) is 2. The predicted octanol–water partition coefficient (Wildman–Crippen LogP) is 4.24. The minimum Gasteiger partial charge on any atom is -0.494 e. The highest BCUT2D eigenvalue weighted by atomic mass is 32.2. The number of rotatable bonds is 10. The smallest absolute Gasteiger partial charge is 0.220 e. The van der Waals surface area contributed by atoms with Crippen LogP contribution in [-0.4, -0.2) is 28.7 Å². The minimum absolute atomic E-state index is 0.0278. The highest BCUT2D eigenvalue weighted by molar-refractivity contribution is 7.98. The molecule has 0 aliphatic rings. The van der Waals surface area contributed by atoms with Crippen LogP contribution >= 0.6 is 11.8 Å². The Balaban J connectivity index is 1.84. The molecule has 1 amide bonds. The van der Waals surface area contributed by atoms with E-state index in [1.165, 1.54) is 11.8 Å². The van der Waals surface area contributed by atoms with Gasteiger partial charge >= 0.3 is 0 Å². The Bertz CT molecular complexity index is 742. The Hall–Kier alpha value is -2.08. The maximum absolute atomic E-state index is 12.2. The van der Waals surface area contributed by atoms with Gasteiger partial charge in [0.2, 0.25) is 5.91 Å². The summed E-state index contributed by atoms with van der Waals surface area (Å²) in [6.45, 7) is 7.32. The third-order valence-electron chi connectivity index (χ3n) is 4.34. The monoisotopic (exact) mass is 387 g/mol. The number of hydrogen-bond donors (Lipinski definition) is 1. The van der Waals surface area contributed by atoms with Crippen LogP contribution in [-0.2, 0) is 17.8 Å². The summed E-state index contributed by atoms with van der Waals surface area (Å²) in [4.78, 5) is 21.2. The van der Waals surface area contributed by atoms with Crippen molar-refractivity contribution < 1.29 is 9.53 Å². The average Bonchev–Trinajstić information content (AvgIpc) is 2.66. The molecule has 0 fully saturated rings. The lowest BCUT2D eigenvalue weighted by atomic mass is 10.1. The molecule has 0 atom stereocenters. The summed E-state index contributed by atoms with van der Waals surface area (Å²) >= 11 is 1.53. The van der Waals surface area contributed by atoms with Crippen LogP contribution < -0.4 is 10.1 Å². The average molecular weight is 388 g/mol. The Morgan fingerprint density at radius 3 is 2.63 bits per heavy atom. The summed E-state index contributed by atoms with van der Waals surface area (Å²) < 4.78 is 5.72. The highest BCUT2D eigenvalue weighted by Gasteiger charge is 2.10. The van der Waals surface area contributed by atoms with Crippen molar-refractivity contribution in [2.45, 2.75) is 58.2 Å². The number of nitrogens with one attached hydrogen (secondary N) is 1. The molecule has 0 aliphatic carbocycles. The fourth-order valence-electron chi connectivity index (χ4n) is 2.77. The number of hydrogen-bond acceptors (Lipinski definition) is 5. The van der Waals surface area contributed by atoms with Crippen molar-refractivity contribution in [2.24, 2.45) is 0 Å². The van der Waals surface area contributed by atoms with Crippen LogP contribution in [0.2, 0.25) is 0 Å². The second-order valence-corrected chi connectivity index (χ2v) is 7.26. The molecule has 0 aliphatic heterocycles.